The van der Waals surface area contributed by atoms with Crippen LogP contribution in [-0.4, -0.2) is 16.2 Å². The van der Waals surface area contributed by atoms with Crippen LogP contribution in [0, 0.1) is 0 Å². The predicted octanol–water partition coefficient (Wildman–Crippen LogP) is 2.72. The number of carboxylic acid groups (broad SMARTS) is 1. The lowest BCUT2D eigenvalue weighted by molar-refractivity contribution is -0.140. The van der Waals surface area contributed by atoms with Gasteiger partial charge in [0.05, 0.1) is 5.41 Å². The van der Waals surface area contributed by atoms with Crippen LogP contribution in [0.4, 0.5) is 0 Å². The first-order valence-electron chi connectivity index (χ1n) is 5.08. The molecule has 2 aromatic rings. The summed E-state index contributed by atoms with van der Waals surface area (Å²) in [6.07, 6.45) is 1.23. The number of rotatable bonds is 2. The average molecular weight is 234 g/mol. The Kier molecular flexibility index (Phi) is 1.80. The summed E-state index contributed by atoms with van der Waals surface area (Å²) < 4.78 is 0.988. The van der Waals surface area contributed by atoms with E-state index in [2.05, 4.69) is 0 Å². The van der Waals surface area contributed by atoms with Crippen molar-refractivity contribution in [1.29, 1.82) is 0 Å². The molecule has 0 spiro atoms. The van der Waals surface area contributed by atoms with Crippen LogP contribution >= 0.6 is 11.3 Å². The number of fused-ring (bicyclic) bond motifs is 1. The molecule has 0 saturated heterocycles. The second-order valence-electron chi connectivity index (χ2n) is 4.18. The van der Waals surface area contributed by atoms with Crippen molar-refractivity contribution in [3.8, 4) is 5.75 Å². The maximum atomic E-state index is 11.2. The second-order valence-corrected chi connectivity index (χ2v) is 5.13. The van der Waals surface area contributed by atoms with Gasteiger partial charge < -0.3 is 10.2 Å². The number of aliphatic carboxylic acids is 1. The van der Waals surface area contributed by atoms with E-state index in [0.717, 1.165) is 10.1 Å². The van der Waals surface area contributed by atoms with Gasteiger partial charge in [-0.05, 0) is 30.4 Å². The first-order chi connectivity index (χ1) is 7.65. The largest absolute Gasteiger partial charge is 0.507 e. The van der Waals surface area contributed by atoms with E-state index in [0.29, 0.717) is 18.4 Å². The molecule has 0 amide bonds. The lowest BCUT2D eigenvalue weighted by Crippen LogP contribution is -2.19. The van der Waals surface area contributed by atoms with E-state index in [-0.39, 0.29) is 5.75 Å². The van der Waals surface area contributed by atoms with Crippen LogP contribution in [0.25, 0.3) is 10.1 Å². The summed E-state index contributed by atoms with van der Waals surface area (Å²) in [6, 6.07) is 5.46. The summed E-state index contributed by atoms with van der Waals surface area (Å²) in [7, 11) is 0. The molecule has 1 heterocycles. The highest BCUT2D eigenvalue weighted by atomic mass is 32.1. The molecule has 0 aliphatic heterocycles. The Morgan fingerprint density at radius 1 is 1.31 bits per heavy atom. The van der Waals surface area contributed by atoms with Crippen LogP contribution in [0.3, 0.4) is 0 Å². The molecule has 1 fully saturated rings. The monoisotopic (exact) mass is 234 g/mol. The lowest BCUT2D eigenvalue weighted by atomic mass is 9.94. The number of benzene rings is 1. The van der Waals surface area contributed by atoms with E-state index >= 15 is 0 Å². The maximum Gasteiger partial charge on any atom is 0.314 e. The van der Waals surface area contributed by atoms with Gasteiger partial charge in [0.1, 0.15) is 5.75 Å². The third-order valence-corrected chi connectivity index (χ3v) is 4.16. The van der Waals surface area contributed by atoms with Crippen LogP contribution < -0.4 is 0 Å². The lowest BCUT2D eigenvalue weighted by Gasteiger charge is -2.12. The van der Waals surface area contributed by atoms with E-state index in [1.54, 1.807) is 17.4 Å². The van der Waals surface area contributed by atoms with E-state index in [1.807, 2.05) is 17.5 Å². The molecule has 1 saturated carbocycles. The molecular weight excluding hydrogens is 224 g/mol. The van der Waals surface area contributed by atoms with Gasteiger partial charge >= 0.3 is 5.97 Å². The zero-order valence-corrected chi connectivity index (χ0v) is 9.25. The van der Waals surface area contributed by atoms with Crippen LogP contribution in [-0.2, 0) is 10.2 Å². The van der Waals surface area contributed by atoms with Gasteiger partial charge in [-0.1, -0.05) is 6.07 Å². The smallest absolute Gasteiger partial charge is 0.314 e. The highest BCUT2D eigenvalue weighted by Gasteiger charge is 2.53. The minimum Gasteiger partial charge on any atom is -0.507 e. The fourth-order valence-corrected chi connectivity index (χ4v) is 2.93. The summed E-state index contributed by atoms with van der Waals surface area (Å²) in [5.74, 6) is -0.698. The van der Waals surface area contributed by atoms with Crippen molar-refractivity contribution in [1.82, 2.24) is 0 Å². The number of phenols is 1. The van der Waals surface area contributed by atoms with Gasteiger partial charge in [-0.25, -0.2) is 0 Å². The molecule has 3 rings (SSSR count). The molecule has 0 unspecified atom stereocenters. The van der Waals surface area contributed by atoms with Crippen molar-refractivity contribution < 1.29 is 15.0 Å². The molecule has 82 valence electrons. The van der Waals surface area contributed by atoms with Crippen molar-refractivity contribution in [3.05, 3.63) is 29.1 Å². The normalized spacial score (nSPS) is 17.5. The van der Waals surface area contributed by atoms with Crippen LogP contribution in [0.1, 0.15) is 18.4 Å². The highest BCUT2D eigenvalue weighted by molar-refractivity contribution is 7.17. The topological polar surface area (TPSA) is 57.5 Å². The number of aromatic hydroxyl groups is 1. The summed E-state index contributed by atoms with van der Waals surface area (Å²) >= 11 is 1.54. The Labute approximate surface area is 96.0 Å². The number of hydrogen-bond donors (Lipinski definition) is 2. The Balaban J connectivity index is 2.25. The zero-order chi connectivity index (χ0) is 11.3. The molecule has 1 aliphatic rings. The molecule has 4 heteroatoms. The van der Waals surface area contributed by atoms with Crippen LogP contribution in [0.15, 0.2) is 23.6 Å². The third-order valence-electron chi connectivity index (χ3n) is 3.28. The minimum absolute atomic E-state index is 0.138. The first-order valence-corrected chi connectivity index (χ1v) is 5.96. The zero-order valence-electron chi connectivity index (χ0n) is 8.43. The van der Waals surface area contributed by atoms with Gasteiger partial charge in [0.25, 0.3) is 0 Å². The van der Waals surface area contributed by atoms with Crippen molar-refractivity contribution in [2.75, 3.05) is 0 Å². The fourth-order valence-electron chi connectivity index (χ4n) is 2.14. The highest BCUT2D eigenvalue weighted by Crippen LogP contribution is 2.52. The van der Waals surface area contributed by atoms with Crippen molar-refractivity contribution >= 4 is 27.4 Å². The van der Waals surface area contributed by atoms with Crippen LogP contribution in [0.2, 0.25) is 0 Å². The third kappa shape index (κ3) is 1.10. The van der Waals surface area contributed by atoms with Crippen molar-refractivity contribution in [2.45, 2.75) is 18.3 Å². The summed E-state index contributed by atoms with van der Waals surface area (Å²) in [5.41, 5.74) is -0.272. The minimum atomic E-state index is -0.836. The SMILES string of the molecule is O=C(O)C1(c2ccc3sccc3c2O)CC1. The summed E-state index contributed by atoms with van der Waals surface area (Å²) in [5, 5.41) is 22.0. The van der Waals surface area contributed by atoms with Crippen molar-refractivity contribution in [2.24, 2.45) is 0 Å². The Hall–Kier alpha value is -1.55. The second kappa shape index (κ2) is 2.98. The van der Waals surface area contributed by atoms with Gasteiger partial charge in [-0.2, -0.15) is 0 Å². The number of carboxylic acids is 1. The molecule has 1 aliphatic carbocycles. The predicted molar refractivity (Wildman–Crippen MR) is 62.0 cm³/mol. The molecule has 3 nitrogen and oxygen atoms in total. The first kappa shape index (κ1) is 9.66. The molecule has 0 radical (unpaired) electrons. The number of hydrogen-bond acceptors (Lipinski definition) is 3. The van der Waals surface area contributed by atoms with Gasteiger partial charge in [0.2, 0.25) is 0 Å². The number of phenolic OH excluding ortho intramolecular Hbond substituents is 1. The molecule has 0 atom stereocenters. The quantitative estimate of drug-likeness (QED) is 0.840. The van der Waals surface area contributed by atoms with E-state index < -0.39 is 11.4 Å². The van der Waals surface area contributed by atoms with Crippen molar-refractivity contribution in [3.63, 3.8) is 0 Å². The van der Waals surface area contributed by atoms with Gasteiger partial charge in [-0.15, -0.1) is 11.3 Å². The molecule has 1 aromatic heterocycles. The molecule has 16 heavy (non-hydrogen) atoms. The fraction of sp³-hybridized carbons (Fsp3) is 0.250. The van der Waals surface area contributed by atoms with Crippen LogP contribution in [0.5, 0.6) is 5.75 Å². The Bertz CT molecular complexity index is 581. The molecule has 2 N–H and O–H groups in total. The van der Waals surface area contributed by atoms with E-state index in [1.165, 1.54) is 0 Å². The number of carbonyl (C=O) groups is 1. The van der Waals surface area contributed by atoms with Gasteiger partial charge in [0, 0.05) is 15.6 Å². The van der Waals surface area contributed by atoms with Gasteiger partial charge in [-0.3, -0.25) is 4.79 Å². The summed E-state index contributed by atoms with van der Waals surface area (Å²) in [6.45, 7) is 0. The van der Waals surface area contributed by atoms with E-state index in [4.69, 9.17) is 0 Å². The Morgan fingerprint density at radius 2 is 2.06 bits per heavy atom. The molecular formula is C12H10O3S. The summed E-state index contributed by atoms with van der Waals surface area (Å²) in [4.78, 5) is 11.2. The Morgan fingerprint density at radius 3 is 2.69 bits per heavy atom. The van der Waals surface area contributed by atoms with Gasteiger partial charge in [0.15, 0.2) is 0 Å². The number of thiophene rings is 1. The average Bonchev–Trinajstić information content (AvgIpc) is 2.90. The standard InChI is InChI=1S/C12H10O3S/c13-10-7-3-6-16-9(7)2-1-8(10)12(4-5-12)11(14)15/h1-3,6,13H,4-5H2,(H,14,15). The maximum absolute atomic E-state index is 11.2. The molecule has 0 bridgehead atoms. The molecule has 1 aromatic carbocycles. The van der Waals surface area contributed by atoms with E-state index in [9.17, 15) is 15.0 Å².